The predicted octanol–water partition coefficient (Wildman–Crippen LogP) is 4.35. The number of carbonyl (C=O) groups is 1. The molecule has 0 fully saturated rings. The summed E-state index contributed by atoms with van der Waals surface area (Å²) in [5.41, 5.74) is -0.193. The Morgan fingerprint density at radius 2 is 2.00 bits per heavy atom. The van der Waals surface area contributed by atoms with Crippen molar-refractivity contribution in [2.45, 2.75) is 10.6 Å². The first-order chi connectivity index (χ1) is 9.99. The van der Waals surface area contributed by atoms with E-state index in [4.69, 9.17) is 0 Å². The monoisotopic (exact) mass is 367 g/mol. The largest absolute Gasteiger partial charge is 0.477 e. The van der Waals surface area contributed by atoms with E-state index in [2.05, 4.69) is 15.9 Å². The molecule has 2 aromatic rings. The lowest BCUT2D eigenvalue weighted by molar-refractivity contribution is -0.385. The minimum atomic E-state index is -1.29. The van der Waals surface area contributed by atoms with Gasteiger partial charge in [-0.25, -0.2) is 4.79 Å². The summed E-state index contributed by atoms with van der Waals surface area (Å²) < 4.78 is 0.921. The quantitative estimate of drug-likeness (QED) is 0.482. The van der Waals surface area contributed by atoms with Crippen LogP contribution in [0, 0.1) is 10.1 Å². The molecule has 5 nitrogen and oxygen atoms in total. The first-order valence-electron chi connectivity index (χ1n) is 5.87. The third-order valence-corrected chi connectivity index (χ3v) is 4.27. The molecule has 0 unspecified atom stereocenters. The number of nitro groups is 1. The second kappa shape index (κ2) is 6.73. The van der Waals surface area contributed by atoms with Gasteiger partial charge in [0.25, 0.3) is 5.69 Å². The fourth-order valence-electron chi connectivity index (χ4n) is 1.82. The molecule has 0 aliphatic rings. The molecule has 0 bridgehead atoms. The predicted molar refractivity (Wildman–Crippen MR) is 83.8 cm³/mol. The van der Waals surface area contributed by atoms with Crippen LogP contribution < -0.4 is 0 Å². The molecule has 0 aliphatic carbocycles. The van der Waals surface area contributed by atoms with Crippen molar-refractivity contribution in [2.75, 3.05) is 0 Å². The van der Waals surface area contributed by atoms with Gasteiger partial charge in [-0.2, -0.15) is 0 Å². The van der Waals surface area contributed by atoms with Gasteiger partial charge in [0.05, 0.1) is 4.92 Å². The molecule has 0 aromatic heterocycles. The van der Waals surface area contributed by atoms with E-state index >= 15 is 0 Å². The average Bonchev–Trinajstić information content (AvgIpc) is 2.44. The van der Waals surface area contributed by atoms with Gasteiger partial charge in [-0.15, -0.1) is 11.8 Å². The van der Waals surface area contributed by atoms with Crippen molar-refractivity contribution in [2.24, 2.45) is 0 Å². The number of hydrogen-bond acceptors (Lipinski definition) is 4. The summed E-state index contributed by atoms with van der Waals surface area (Å²) in [7, 11) is 0. The van der Waals surface area contributed by atoms with Crippen molar-refractivity contribution in [3.63, 3.8) is 0 Å². The van der Waals surface area contributed by atoms with Gasteiger partial charge >= 0.3 is 5.97 Å². The number of rotatable bonds is 5. The van der Waals surface area contributed by atoms with Gasteiger partial charge in [0.2, 0.25) is 0 Å². The summed E-state index contributed by atoms with van der Waals surface area (Å²) in [6, 6.07) is 11.9. The summed E-state index contributed by atoms with van der Waals surface area (Å²) in [6.45, 7) is 0. The first-order valence-corrected chi connectivity index (χ1v) is 7.65. The lowest BCUT2D eigenvalue weighted by atomic mass is 10.1. The molecule has 0 aliphatic heterocycles. The molecule has 0 amide bonds. The van der Waals surface area contributed by atoms with E-state index < -0.39 is 10.9 Å². The number of nitro benzene ring substituents is 1. The molecule has 2 rings (SSSR count). The Hall–Kier alpha value is -1.86. The molecule has 108 valence electrons. The zero-order valence-electron chi connectivity index (χ0n) is 10.7. The number of benzene rings is 2. The van der Waals surface area contributed by atoms with Crippen LogP contribution >= 0.6 is 27.7 Å². The third kappa shape index (κ3) is 3.83. The van der Waals surface area contributed by atoms with Gasteiger partial charge < -0.3 is 5.11 Å². The van der Waals surface area contributed by atoms with Gasteiger partial charge in [-0.1, -0.05) is 34.1 Å². The van der Waals surface area contributed by atoms with Crippen molar-refractivity contribution in [3.8, 4) is 0 Å². The number of nitrogens with zero attached hydrogens (tertiary/aromatic N) is 1. The van der Waals surface area contributed by atoms with E-state index in [9.17, 15) is 20.0 Å². The van der Waals surface area contributed by atoms with Crippen molar-refractivity contribution in [3.05, 3.63) is 68.2 Å². The fourth-order valence-corrected chi connectivity index (χ4v) is 3.32. The number of thioether (sulfide) groups is 1. The summed E-state index contributed by atoms with van der Waals surface area (Å²) in [5, 5.41) is 20.1. The number of halogens is 1. The molecule has 0 atom stereocenters. The standard InChI is InChI=1S/C14H10BrNO4S/c15-10-4-2-5-11(7-10)21-8-9-3-1-6-12(16(19)20)13(9)14(17)18/h1-7H,8H2,(H,17,18). The number of aromatic carboxylic acids is 1. The smallest absolute Gasteiger partial charge is 0.343 e. The summed E-state index contributed by atoms with van der Waals surface area (Å²) in [6.07, 6.45) is 0. The molecule has 21 heavy (non-hydrogen) atoms. The van der Waals surface area contributed by atoms with E-state index in [1.54, 1.807) is 6.07 Å². The SMILES string of the molecule is O=C(O)c1c(CSc2cccc(Br)c2)cccc1[N+](=O)[O-]. The Kier molecular flexibility index (Phi) is 4.98. The number of carboxylic acid groups (broad SMARTS) is 1. The summed E-state index contributed by atoms with van der Waals surface area (Å²) >= 11 is 4.78. The Balaban J connectivity index is 2.30. The number of hydrogen-bond donors (Lipinski definition) is 1. The third-order valence-electron chi connectivity index (χ3n) is 2.73. The molecule has 0 saturated heterocycles. The van der Waals surface area contributed by atoms with Crippen LogP contribution in [0.4, 0.5) is 5.69 Å². The Morgan fingerprint density at radius 1 is 1.29 bits per heavy atom. The van der Waals surface area contributed by atoms with Gasteiger partial charge in [0.1, 0.15) is 5.56 Å². The van der Waals surface area contributed by atoms with E-state index in [0.717, 1.165) is 9.37 Å². The van der Waals surface area contributed by atoms with Crippen molar-refractivity contribution in [1.82, 2.24) is 0 Å². The van der Waals surface area contributed by atoms with Crippen LogP contribution in [-0.2, 0) is 5.75 Å². The first kappa shape index (κ1) is 15.5. The normalized spacial score (nSPS) is 10.3. The second-order valence-corrected chi connectivity index (χ2v) is 6.08. The fraction of sp³-hybridized carbons (Fsp3) is 0.0714. The van der Waals surface area contributed by atoms with Crippen LogP contribution in [0.1, 0.15) is 15.9 Å². The van der Waals surface area contributed by atoms with E-state index in [0.29, 0.717) is 11.3 Å². The lowest BCUT2D eigenvalue weighted by Crippen LogP contribution is -2.06. The topological polar surface area (TPSA) is 80.4 Å². The van der Waals surface area contributed by atoms with Crippen LogP contribution in [0.15, 0.2) is 51.8 Å². The van der Waals surface area contributed by atoms with Crippen LogP contribution in [-0.4, -0.2) is 16.0 Å². The van der Waals surface area contributed by atoms with Crippen LogP contribution in [0.3, 0.4) is 0 Å². The van der Waals surface area contributed by atoms with Crippen LogP contribution in [0.5, 0.6) is 0 Å². The number of carboxylic acids is 1. The molecule has 1 N–H and O–H groups in total. The highest BCUT2D eigenvalue weighted by Gasteiger charge is 2.23. The highest BCUT2D eigenvalue weighted by molar-refractivity contribution is 9.10. The van der Waals surface area contributed by atoms with Crippen molar-refractivity contribution >= 4 is 39.3 Å². The van der Waals surface area contributed by atoms with E-state index in [1.807, 2.05) is 24.3 Å². The van der Waals surface area contributed by atoms with Crippen LogP contribution in [0.2, 0.25) is 0 Å². The lowest BCUT2D eigenvalue weighted by Gasteiger charge is -2.07. The Morgan fingerprint density at radius 3 is 2.62 bits per heavy atom. The molecule has 0 heterocycles. The minimum absolute atomic E-state index is 0.245. The molecule has 2 aromatic carbocycles. The zero-order chi connectivity index (χ0) is 15.4. The van der Waals surface area contributed by atoms with Gasteiger partial charge in [0, 0.05) is 21.2 Å². The zero-order valence-corrected chi connectivity index (χ0v) is 13.1. The van der Waals surface area contributed by atoms with Gasteiger partial charge in [0.15, 0.2) is 0 Å². The summed E-state index contributed by atoms with van der Waals surface area (Å²) in [4.78, 5) is 22.5. The maximum Gasteiger partial charge on any atom is 0.343 e. The highest BCUT2D eigenvalue weighted by Crippen LogP contribution is 2.30. The average molecular weight is 368 g/mol. The van der Waals surface area contributed by atoms with Crippen molar-refractivity contribution < 1.29 is 14.8 Å². The highest BCUT2D eigenvalue weighted by atomic mass is 79.9. The van der Waals surface area contributed by atoms with E-state index in [1.165, 1.54) is 23.9 Å². The molecular weight excluding hydrogens is 358 g/mol. The minimum Gasteiger partial charge on any atom is -0.477 e. The van der Waals surface area contributed by atoms with Crippen LogP contribution in [0.25, 0.3) is 0 Å². The Bertz CT molecular complexity index is 705. The molecule has 7 heteroatoms. The van der Waals surface area contributed by atoms with E-state index in [-0.39, 0.29) is 11.3 Å². The molecule has 0 spiro atoms. The molecular formula is C14H10BrNO4S. The maximum atomic E-state index is 11.3. The summed E-state index contributed by atoms with van der Waals surface area (Å²) in [5.74, 6) is -0.938. The molecule has 0 saturated carbocycles. The second-order valence-electron chi connectivity index (χ2n) is 4.12. The Labute approximate surface area is 133 Å². The van der Waals surface area contributed by atoms with Crippen molar-refractivity contribution in [1.29, 1.82) is 0 Å². The van der Waals surface area contributed by atoms with Gasteiger partial charge in [-0.05, 0) is 23.8 Å². The van der Waals surface area contributed by atoms with Gasteiger partial charge in [-0.3, -0.25) is 10.1 Å². The maximum absolute atomic E-state index is 11.3. The molecule has 0 radical (unpaired) electrons.